The highest BCUT2D eigenvalue weighted by molar-refractivity contribution is 5.29. The van der Waals surface area contributed by atoms with E-state index >= 15 is 0 Å². The van der Waals surface area contributed by atoms with E-state index in [4.69, 9.17) is 0 Å². The van der Waals surface area contributed by atoms with Gasteiger partial charge in [0.1, 0.15) is 0 Å². The maximum Gasteiger partial charge on any atom is 0.0236 e. The summed E-state index contributed by atoms with van der Waals surface area (Å²) in [5.74, 6) is 0. The van der Waals surface area contributed by atoms with Crippen molar-refractivity contribution in [3.05, 3.63) is 34.9 Å². The second kappa shape index (κ2) is 6.25. The van der Waals surface area contributed by atoms with Gasteiger partial charge in [0, 0.05) is 51.9 Å². The van der Waals surface area contributed by atoms with E-state index in [0.717, 1.165) is 25.7 Å². The van der Waals surface area contributed by atoms with Gasteiger partial charge >= 0.3 is 0 Å². The summed E-state index contributed by atoms with van der Waals surface area (Å²) in [5.41, 5.74) is 4.28. The molecule has 0 saturated carbocycles. The molecule has 1 N–H and O–H groups in total. The summed E-state index contributed by atoms with van der Waals surface area (Å²) in [5, 5.41) is 3.45. The van der Waals surface area contributed by atoms with Gasteiger partial charge in [-0.25, -0.2) is 0 Å². The Bertz CT molecular complexity index is 452. The summed E-state index contributed by atoms with van der Waals surface area (Å²) in [6, 6.07) is 7.69. The fourth-order valence-electron chi connectivity index (χ4n) is 3.46. The molecule has 20 heavy (non-hydrogen) atoms. The zero-order chi connectivity index (χ0) is 13.9. The van der Waals surface area contributed by atoms with E-state index in [1.165, 1.54) is 49.3 Å². The van der Waals surface area contributed by atoms with E-state index in [1.54, 1.807) is 0 Å². The first-order valence-electron chi connectivity index (χ1n) is 7.95. The molecule has 0 amide bonds. The van der Waals surface area contributed by atoms with Gasteiger partial charge in [-0.3, -0.25) is 9.80 Å². The number of aryl methyl sites for hydroxylation is 2. The van der Waals surface area contributed by atoms with Gasteiger partial charge in [-0.05, 0) is 37.0 Å². The van der Waals surface area contributed by atoms with Crippen LogP contribution in [0.3, 0.4) is 0 Å². The predicted molar refractivity (Wildman–Crippen MR) is 84.0 cm³/mol. The minimum atomic E-state index is 0.781. The zero-order valence-electron chi connectivity index (χ0n) is 12.9. The topological polar surface area (TPSA) is 18.5 Å². The summed E-state index contributed by atoms with van der Waals surface area (Å²) in [7, 11) is 0. The van der Waals surface area contributed by atoms with Gasteiger partial charge in [-0.2, -0.15) is 0 Å². The minimum Gasteiger partial charge on any atom is -0.314 e. The predicted octanol–water partition coefficient (Wildman–Crippen LogP) is 1.78. The van der Waals surface area contributed by atoms with Crippen molar-refractivity contribution in [3.8, 4) is 0 Å². The molecule has 0 aliphatic carbocycles. The molecule has 1 aromatic carbocycles. The number of hydrogen-bond donors (Lipinski definition) is 1. The highest BCUT2D eigenvalue weighted by Crippen LogP contribution is 2.19. The normalized spacial score (nSPS) is 25.2. The highest BCUT2D eigenvalue weighted by Gasteiger charge is 2.28. The van der Waals surface area contributed by atoms with Crippen molar-refractivity contribution in [2.45, 2.75) is 32.9 Å². The number of nitrogens with one attached hydrogen (secondary N) is 1. The maximum atomic E-state index is 3.45. The standard InChI is InChI=1S/C17H27N3/c1-14-3-4-16(11-15(14)2)12-19-8-5-17(13-19)20-9-6-18-7-10-20/h3-4,11,17-18H,5-10,12-13H2,1-2H3. The van der Waals surface area contributed by atoms with Gasteiger partial charge in [0.2, 0.25) is 0 Å². The Morgan fingerprint density at radius 1 is 1.10 bits per heavy atom. The zero-order valence-corrected chi connectivity index (χ0v) is 12.9. The molecule has 0 bridgehead atoms. The Hall–Kier alpha value is -0.900. The SMILES string of the molecule is Cc1ccc(CN2CCC(N3CCNCC3)C2)cc1C. The van der Waals surface area contributed by atoms with Crippen LogP contribution in [0.1, 0.15) is 23.1 Å². The minimum absolute atomic E-state index is 0.781. The highest BCUT2D eigenvalue weighted by atomic mass is 15.3. The molecule has 3 heteroatoms. The van der Waals surface area contributed by atoms with E-state index in [-0.39, 0.29) is 0 Å². The number of likely N-dealkylation sites (tertiary alicyclic amines) is 1. The van der Waals surface area contributed by atoms with Gasteiger partial charge in [-0.15, -0.1) is 0 Å². The molecule has 2 aliphatic heterocycles. The third-order valence-corrected chi connectivity index (χ3v) is 4.89. The average molecular weight is 273 g/mol. The van der Waals surface area contributed by atoms with Crippen LogP contribution in [-0.2, 0) is 6.54 Å². The largest absolute Gasteiger partial charge is 0.314 e. The molecular weight excluding hydrogens is 246 g/mol. The number of piperazine rings is 1. The molecule has 1 atom stereocenters. The van der Waals surface area contributed by atoms with Crippen molar-refractivity contribution in [2.75, 3.05) is 39.3 Å². The number of benzene rings is 1. The third kappa shape index (κ3) is 3.22. The first-order chi connectivity index (χ1) is 9.72. The van der Waals surface area contributed by atoms with E-state index in [0.29, 0.717) is 0 Å². The number of rotatable bonds is 3. The summed E-state index contributed by atoms with van der Waals surface area (Å²) >= 11 is 0. The Kier molecular flexibility index (Phi) is 4.39. The van der Waals surface area contributed by atoms with Crippen LogP contribution in [0.15, 0.2) is 18.2 Å². The Balaban J connectivity index is 1.55. The van der Waals surface area contributed by atoms with Gasteiger partial charge < -0.3 is 5.32 Å². The van der Waals surface area contributed by atoms with Crippen LogP contribution in [-0.4, -0.2) is 55.1 Å². The average Bonchev–Trinajstić information content (AvgIpc) is 2.92. The van der Waals surface area contributed by atoms with Crippen molar-refractivity contribution in [1.82, 2.24) is 15.1 Å². The van der Waals surface area contributed by atoms with E-state index in [9.17, 15) is 0 Å². The molecule has 2 heterocycles. The van der Waals surface area contributed by atoms with Gasteiger partial charge in [0.25, 0.3) is 0 Å². The summed E-state index contributed by atoms with van der Waals surface area (Å²) < 4.78 is 0. The van der Waals surface area contributed by atoms with Crippen LogP contribution in [0.4, 0.5) is 0 Å². The second-order valence-corrected chi connectivity index (χ2v) is 6.38. The first kappa shape index (κ1) is 14.1. The lowest BCUT2D eigenvalue weighted by atomic mass is 10.1. The van der Waals surface area contributed by atoms with Crippen molar-refractivity contribution < 1.29 is 0 Å². The van der Waals surface area contributed by atoms with Crippen molar-refractivity contribution in [1.29, 1.82) is 0 Å². The first-order valence-corrected chi connectivity index (χ1v) is 7.95. The fraction of sp³-hybridized carbons (Fsp3) is 0.647. The Morgan fingerprint density at radius 2 is 1.90 bits per heavy atom. The molecular formula is C17H27N3. The Morgan fingerprint density at radius 3 is 2.65 bits per heavy atom. The molecule has 1 aromatic rings. The van der Waals surface area contributed by atoms with E-state index in [2.05, 4.69) is 47.2 Å². The molecule has 0 aromatic heterocycles. The second-order valence-electron chi connectivity index (χ2n) is 6.38. The van der Waals surface area contributed by atoms with Gasteiger partial charge in [-0.1, -0.05) is 18.2 Å². The number of nitrogens with zero attached hydrogens (tertiary/aromatic N) is 2. The summed E-state index contributed by atoms with van der Waals surface area (Å²) in [6.07, 6.45) is 1.34. The number of hydrogen-bond acceptors (Lipinski definition) is 3. The van der Waals surface area contributed by atoms with Crippen LogP contribution in [0.2, 0.25) is 0 Å². The van der Waals surface area contributed by atoms with Gasteiger partial charge in [0.15, 0.2) is 0 Å². The van der Waals surface area contributed by atoms with E-state index < -0.39 is 0 Å². The summed E-state index contributed by atoms with van der Waals surface area (Å²) in [4.78, 5) is 5.30. The van der Waals surface area contributed by atoms with E-state index in [1.807, 2.05) is 0 Å². The van der Waals surface area contributed by atoms with Crippen LogP contribution >= 0.6 is 0 Å². The molecule has 0 radical (unpaired) electrons. The lowest BCUT2D eigenvalue weighted by molar-refractivity contribution is 0.170. The fourth-order valence-corrected chi connectivity index (χ4v) is 3.46. The molecule has 0 spiro atoms. The smallest absolute Gasteiger partial charge is 0.0236 e. The quantitative estimate of drug-likeness (QED) is 0.906. The van der Waals surface area contributed by atoms with Crippen LogP contribution < -0.4 is 5.32 Å². The monoisotopic (exact) mass is 273 g/mol. The lowest BCUT2D eigenvalue weighted by Crippen LogP contribution is -2.49. The van der Waals surface area contributed by atoms with Crippen LogP contribution in [0.5, 0.6) is 0 Å². The van der Waals surface area contributed by atoms with Gasteiger partial charge in [0.05, 0.1) is 0 Å². The van der Waals surface area contributed by atoms with Crippen LogP contribution in [0, 0.1) is 13.8 Å². The van der Waals surface area contributed by atoms with Crippen LogP contribution in [0.25, 0.3) is 0 Å². The molecule has 2 fully saturated rings. The molecule has 110 valence electrons. The lowest BCUT2D eigenvalue weighted by Gasteiger charge is -2.32. The molecule has 3 nitrogen and oxygen atoms in total. The van der Waals surface area contributed by atoms with Crippen molar-refractivity contribution in [3.63, 3.8) is 0 Å². The molecule has 3 rings (SSSR count). The molecule has 2 saturated heterocycles. The van der Waals surface area contributed by atoms with Crippen molar-refractivity contribution >= 4 is 0 Å². The maximum absolute atomic E-state index is 3.45. The molecule has 2 aliphatic rings. The third-order valence-electron chi connectivity index (χ3n) is 4.89. The van der Waals surface area contributed by atoms with Crippen molar-refractivity contribution in [2.24, 2.45) is 0 Å². The summed E-state index contributed by atoms with van der Waals surface area (Å²) in [6.45, 7) is 12.8. The Labute approximate surface area is 123 Å². The molecule has 1 unspecified atom stereocenters.